The molecule has 0 fully saturated rings. The van der Waals surface area contributed by atoms with E-state index in [2.05, 4.69) is 20.3 Å². The van der Waals surface area contributed by atoms with E-state index < -0.39 is 0 Å². The van der Waals surface area contributed by atoms with Crippen LogP contribution in [0.5, 0.6) is 0 Å². The van der Waals surface area contributed by atoms with Gasteiger partial charge in [0.25, 0.3) is 0 Å². The molecule has 1 amide bonds. The Labute approximate surface area is 153 Å². The van der Waals surface area contributed by atoms with Crippen molar-refractivity contribution < 1.29 is 4.79 Å². The summed E-state index contributed by atoms with van der Waals surface area (Å²) in [5, 5.41) is 3.72. The van der Waals surface area contributed by atoms with E-state index in [4.69, 9.17) is 23.2 Å². The summed E-state index contributed by atoms with van der Waals surface area (Å²) in [7, 11) is 0. The van der Waals surface area contributed by atoms with Crippen molar-refractivity contribution in [1.82, 2.24) is 15.0 Å². The molecule has 8 heteroatoms. The molecule has 0 saturated carbocycles. The molecular weight excluding hydrogens is 367 g/mol. The first-order chi connectivity index (χ1) is 11.4. The summed E-state index contributed by atoms with van der Waals surface area (Å²) in [6, 6.07) is 7.51. The van der Waals surface area contributed by atoms with Crippen molar-refractivity contribution in [3.63, 3.8) is 0 Å². The van der Waals surface area contributed by atoms with Gasteiger partial charge < -0.3 is 10.3 Å². The van der Waals surface area contributed by atoms with Crippen LogP contribution in [-0.4, -0.2) is 26.1 Å². The van der Waals surface area contributed by atoms with Crippen molar-refractivity contribution in [3.05, 3.63) is 46.1 Å². The van der Waals surface area contributed by atoms with Crippen molar-refractivity contribution in [1.29, 1.82) is 0 Å². The van der Waals surface area contributed by atoms with Gasteiger partial charge in [-0.2, -0.15) is 0 Å². The SMILES string of the molecule is Cc1ccc2nc(SC(C)C(=O)Nc3ncc(Cl)cc3Cl)[nH]c2c1. The fraction of sp³-hybridized carbons (Fsp3) is 0.188. The number of imidazole rings is 1. The number of aromatic nitrogens is 3. The molecule has 0 aliphatic carbocycles. The van der Waals surface area contributed by atoms with Gasteiger partial charge in [0, 0.05) is 6.20 Å². The van der Waals surface area contributed by atoms with Gasteiger partial charge in [0.05, 0.1) is 26.3 Å². The van der Waals surface area contributed by atoms with Crippen LogP contribution in [0.2, 0.25) is 10.0 Å². The number of hydrogen-bond acceptors (Lipinski definition) is 4. The number of aromatic amines is 1. The Morgan fingerprint density at radius 3 is 2.88 bits per heavy atom. The second-order valence-electron chi connectivity index (χ2n) is 5.30. The van der Waals surface area contributed by atoms with Crippen molar-refractivity contribution in [3.8, 4) is 0 Å². The second kappa shape index (κ2) is 7.01. The Balaban J connectivity index is 1.70. The smallest absolute Gasteiger partial charge is 0.238 e. The Bertz CT molecular complexity index is 912. The van der Waals surface area contributed by atoms with E-state index in [0.29, 0.717) is 21.0 Å². The highest BCUT2D eigenvalue weighted by molar-refractivity contribution is 8.00. The largest absolute Gasteiger partial charge is 0.333 e. The van der Waals surface area contributed by atoms with Crippen LogP contribution in [0.4, 0.5) is 5.82 Å². The van der Waals surface area contributed by atoms with Crippen molar-refractivity contribution in [2.75, 3.05) is 5.32 Å². The molecule has 3 aromatic rings. The number of carbonyl (C=O) groups is 1. The lowest BCUT2D eigenvalue weighted by Gasteiger charge is -2.11. The zero-order chi connectivity index (χ0) is 17.3. The highest BCUT2D eigenvalue weighted by Gasteiger charge is 2.18. The first-order valence-corrected chi connectivity index (χ1v) is 8.81. The average molecular weight is 381 g/mol. The van der Waals surface area contributed by atoms with Crippen LogP contribution in [0.1, 0.15) is 12.5 Å². The summed E-state index contributed by atoms with van der Waals surface area (Å²) < 4.78 is 0. The number of H-pyrrole nitrogens is 1. The predicted octanol–water partition coefficient (Wildman–Crippen LogP) is 4.69. The quantitative estimate of drug-likeness (QED) is 0.643. The third kappa shape index (κ3) is 3.83. The molecule has 3 rings (SSSR count). The molecule has 1 unspecified atom stereocenters. The maximum absolute atomic E-state index is 12.3. The van der Waals surface area contributed by atoms with Gasteiger partial charge in [-0.15, -0.1) is 0 Å². The summed E-state index contributed by atoms with van der Waals surface area (Å²) in [6.45, 7) is 3.81. The van der Waals surface area contributed by atoms with Crippen molar-refractivity contribution in [2.45, 2.75) is 24.3 Å². The third-order valence-corrected chi connectivity index (χ3v) is 4.80. The molecule has 0 saturated heterocycles. The fourth-order valence-electron chi connectivity index (χ4n) is 2.10. The molecule has 0 bridgehead atoms. The number of fused-ring (bicyclic) bond motifs is 1. The molecule has 1 atom stereocenters. The maximum Gasteiger partial charge on any atom is 0.238 e. The zero-order valence-corrected chi connectivity index (χ0v) is 15.3. The minimum Gasteiger partial charge on any atom is -0.333 e. The molecule has 0 radical (unpaired) electrons. The van der Waals surface area contributed by atoms with Gasteiger partial charge in [0.15, 0.2) is 11.0 Å². The van der Waals surface area contributed by atoms with E-state index in [1.807, 2.05) is 25.1 Å². The molecule has 0 spiro atoms. The Morgan fingerprint density at radius 1 is 1.33 bits per heavy atom. The van der Waals surface area contributed by atoms with Crippen LogP contribution in [0.3, 0.4) is 0 Å². The molecule has 0 aliphatic heterocycles. The topological polar surface area (TPSA) is 70.7 Å². The summed E-state index contributed by atoms with van der Waals surface area (Å²) in [5.41, 5.74) is 2.97. The van der Waals surface area contributed by atoms with Gasteiger partial charge in [0.2, 0.25) is 5.91 Å². The highest BCUT2D eigenvalue weighted by atomic mass is 35.5. The molecule has 2 N–H and O–H groups in total. The van der Waals surface area contributed by atoms with E-state index in [0.717, 1.165) is 16.6 Å². The minimum absolute atomic E-state index is 0.214. The van der Waals surface area contributed by atoms with Crippen LogP contribution in [-0.2, 0) is 4.79 Å². The van der Waals surface area contributed by atoms with E-state index in [9.17, 15) is 4.79 Å². The monoisotopic (exact) mass is 380 g/mol. The minimum atomic E-state index is -0.375. The number of amides is 1. The van der Waals surface area contributed by atoms with Crippen molar-refractivity contribution in [2.24, 2.45) is 0 Å². The second-order valence-corrected chi connectivity index (χ2v) is 7.47. The molecule has 24 heavy (non-hydrogen) atoms. The Hall–Kier alpha value is -1.76. The summed E-state index contributed by atoms with van der Waals surface area (Å²) in [5.74, 6) is 0.0760. The number of nitrogens with zero attached hydrogens (tertiary/aromatic N) is 2. The lowest BCUT2D eigenvalue weighted by molar-refractivity contribution is -0.115. The van der Waals surface area contributed by atoms with E-state index in [1.165, 1.54) is 24.0 Å². The number of nitrogens with one attached hydrogen (secondary N) is 2. The lowest BCUT2D eigenvalue weighted by atomic mass is 10.2. The molecule has 2 heterocycles. The van der Waals surface area contributed by atoms with Crippen LogP contribution in [0, 0.1) is 6.92 Å². The normalized spacial score (nSPS) is 12.3. The zero-order valence-electron chi connectivity index (χ0n) is 12.9. The first kappa shape index (κ1) is 17.1. The number of hydrogen-bond donors (Lipinski definition) is 2. The summed E-state index contributed by atoms with van der Waals surface area (Å²) in [6.07, 6.45) is 1.43. The average Bonchev–Trinajstić information content (AvgIpc) is 2.91. The van der Waals surface area contributed by atoms with Crippen LogP contribution < -0.4 is 5.32 Å². The summed E-state index contributed by atoms with van der Waals surface area (Å²) >= 11 is 13.2. The van der Waals surface area contributed by atoms with Crippen LogP contribution >= 0.6 is 35.0 Å². The number of aryl methyl sites for hydroxylation is 1. The molecular formula is C16H14Cl2N4OS. The van der Waals surface area contributed by atoms with E-state index >= 15 is 0 Å². The fourth-order valence-corrected chi connectivity index (χ4v) is 3.35. The molecule has 124 valence electrons. The summed E-state index contributed by atoms with van der Waals surface area (Å²) in [4.78, 5) is 24.0. The van der Waals surface area contributed by atoms with Gasteiger partial charge in [-0.1, -0.05) is 41.0 Å². The number of halogens is 2. The third-order valence-electron chi connectivity index (χ3n) is 3.32. The number of thioether (sulfide) groups is 1. The Morgan fingerprint density at radius 2 is 2.12 bits per heavy atom. The molecule has 0 aliphatic rings. The number of benzene rings is 1. The molecule has 2 aromatic heterocycles. The van der Waals surface area contributed by atoms with E-state index in [-0.39, 0.29) is 11.2 Å². The van der Waals surface area contributed by atoms with Gasteiger partial charge in [-0.3, -0.25) is 4.79 Å². The predicted molar refractivity (Wildman–Crippen MR) is 99.0 cm³/mol. The van der Waals surface area contributed by atoms with Crippen LogP contribution in [0.25, 0.3) is 11.0 Å². The first-order valence-electron chi connectivity index (χ1n) is 7.17. The van der Waals surface area contributed by atoms with E-state index in [1.54, 1.807) is 6.92 Å². The van der Waals surface area contributed by atoms with Gasteiger partial charge >= 0.3 is 0 Å². The molecule has 1 aromatic carbocycles. The van der Waals surface area contributed by atoms with Crippen molar-refractivity contribution >= 4 is 57.7 Å². The van der Waals surface area contributed by atoms with Crippen LogP contribution in [0.15, 0.2) is 35.6 Å². The maximum atomic E-state index is 12.3. The number of rotatable bonds is 4. The lowest BCUT2D eigenvalue weighted by Crippen LogP contribution is -2.23. The highest BCUT2D eigenvalue weighted by Crippen LogP contribution is 2.26. The number of anilines is 1. The van der Waals surface area contributed by atoms with Gasteiger partial charge in [0.1, 0.15) is 0 Å². The number of carbonyl (C=O) groups excluding carboxylic acids is 1. The Kier molecular flexibility index (Phi) is 4.99. The number of pyridine rings is 1. The van der Waals surface area contributed by atoms with Gasteiger partial charge in [-0.25, -0.2) is 9.97 Å². The standard InChI is InChI=1S/C16H14Cl2N4OS/c1-8-3-4-12-13(5-8)21-16(20-12)24-9(2)15(23)22-14-11(18)6-10(17)7-19-14/h3-7,9H,1-2H3,(H,20,21)(H,19,22,23). The molecule has 5 nitrogen and oxygen atoms in total. The van der Waals surface area contributed by atoms with Gasteiger partial charge in [-0.05, 0) is 37.6 Å².